The number of aliphatic hydroxyl groups excluding tert-OH is 1. The van der Waals surface area contributed by atoms with Gasteiger partial charge in [-0.25, -0.2) is 0 Å². The first kappa shape index (κ1) is 14.2. The molecule has 90 valence electrons. The summed E-state index contributed by atoms with van der Waals surface area (Å²) in [4.78, 5) is 11.7. The molecule has 0 spiro atoms. The molecule has 0 aromatic carbocycles. The molecule has 1 aromatic rings. The molecule has 0 saturated heterocycles. The lowest BCUT2D eigenvalue weighted by Gasteiger charge is -2.16. The van der Waals surface area contributed by atoms with Gasteiger partial charge in [-0.3, -0.25) is 4.79 Å². The van der Waals surface area contributed by atoms with Crippen LogP contribution >= 0.6 is 43.2 Å². The van der Waals surface area contributed by atoms with E-state index >= 15 is 0 Å². The van der Waals surface area contributed by atoms with Gasteiger partial charge in [-0.05, 0) is 44.3 Å². The van der Waals surface area contributed by atoms with Crippen molar-refractivity contribution in [2.75, 3.05) is 0 Å². The van der Waals surface area contributed by atoms with E-state index in [0.717, 1.165) is 14.7 Å². The second kappa shape index (κ2) is 6.14. The van der Waals surface area contributed by atoms with Gasteiger partial charge in [0, 0.05) is 9.35 Å². The first-order valence-corrected chi connectivity index (χ1v) is 7.23. The van der Waals surface area contributed by atoms with Gasteiger partial charge in [0.25, 0.3) is 0 Å². The lowest BCUT2D eigenvalue weighted by atomic mass is 9.96. The van der Waals surface area contributed by atoms with Gasteiger partial charge in [0.05, 0.1) is 9.70 Å². The van der Waals surface area contributed by atoms with E-state index in [0.29, 0.717) is 11.3 Å². The van der Waals surface area contributed by atoms with E-state index in [1.54, 1.807) is 6.07 Å². The van der Waals surface area contributed by atoms with E-state index in [1.807, 2.05) is 6.92 Å². The summed E-state index contributed by atoms with van der Waals surface area (Å²) >= 11 is 7.99. The summed E-state index contributed by atoms with van der Waals surface area (Å²) in [6.45, 7) is 1.91. The number of aliphatic carboxylic acids is 1. The average Bonchev–Trinajstić information content (AvgIpc) is 2.54. The summed E-state index contributed by atoms with van der Waals surface area (Å²) in [6.07, 6.45) is 0.274. The Balaban J connectivity index is 2.89. The van der Waals surface area contributed by atoms with Crippen LogP contribution in [0, 0.1) is 5.92 Å². The summed E-state index contributed by atoms with van der Waals surface area (Å²) in [5, 5.41) is 19.0. The molecule has 16 heavy (non-hydrogen) atoms. The molecular weight excluding hydrogens is 360 g/mol. The summed E-state index contributed by atoms with van der Waals surface area (Å²) < 4.78 is 1.70. The molecule has 2 atom stereocenters. The van der Waals surface area contributed by atoms with Crippen LogP contribution in [-0.2, 0) is 4.79 Å². The van der Waals surface area contributed by atoms with Crippen LogP contribution in [0.1, 0.15) is 30.7 Å². The van der Waals surface area contributed by atoms with E-state index in [4.69, 9.17) is 5.11 Å². The van der Waals surface area contributed by atoms with Gasteiger partial charge in [-0.2, -0.15) is 0 Å². The molecule has 0 aliphatic heterocycles. The van der Waals surface area contributed by atoms with Gasteiger partial charge in [-0.15, -0.1) is 11.3 Å². The quantitative estimate of drug-likeness (QED) is 0.827. The van der Waals surface area contributed by atoms with Crippen molar-refractivity contribution in [3.8, 4) is 0 Å². The maximum atomic E-state index is 11.0. The van der Waals surface area contributed by atoms with Crippen molar-refractivity contribution >= 4 is 49.2 Å². The maximum Gasteiger partial charge on any atom is 0.309 e. The highest BCUT2D eigenvalue weighted by Gasteiger charge is 2.28. The number of aliphatic hydroxyl groups is 1. The lowest BCUT2D eigenvalue weighted by molar-refractivity contribution is -0.146. The minimum Gasteiger partial charge on any atom is -0.481 e. The molecule has 0 saturated carbocycles. The van der Waals surface area contributed by atoms with Gasteiger partial charge < -0.3 is 10.2 Å². The Morgan fingerprint density at radius 3 is 2.56 bits per heavy atom. The molecule has 1 heterocycles. The fraction of sp³-hybridized carbons (Fsp3) is 0.500. The number of carboxylic acids is 1. The molecule has 1 aromatic heterocycles. The fourth-order valence-electron chi connectivity index (χ4n) is 1.43. The molecule has 0 fully saturated rings. The third kappa shape index (κ3) is 3.29. The second-order valence-electron chi connectivity index (χ2n) is 3.45. The Labute approximate surface area is 115 Å². The lowest BCUT2D eigenvalue weighted by Crippen LogP contribution is -2.21. The maximum absolute atomic E-state index is 11.0. The summed E-state index contributed by atoms with van der Waals surface area (Å²) in [6, 6.07) is 1.75. The van der Waals surface area contributed by atoms with E-state index in [-0.39, 0.29) is 0 Å². The number of rotatable bonds is 5. The molecule has 0 bridgehead atoms. The highest BCUT2D eigenvalue weighted by molar-refractivity contribution is 9.13. The molecule has 0 aliphatic carbocycles. The molecule has 2 unspecified atom stereocenters. The van der Waals surface area contributed by atoms with Gasteiger partial charge >= 0.3 is 5.97 Å². The van der Waals surface area contributed by atoms with Gasteiger partial charge in [0.1, 0.15) is 6.10 Å². The third-order valence-electron chi connectivity index (χ3n) is 2.25. The SMILES string of the molecule is CCCC(C(=O)O)C(O)c1cc(Br)c(Br)s1. The second-order valence-corrected chi connectivity index (χ2v) is 6.70. The van der Waals surface area contributed by atoms with Crippen LogP contribution in [0.2, 0.25) is 0 Å². The molecule has 2 N–H and O–H groups in total. The molecule has 0 aliphatic rings. The van der Waals surface area contributed by atoms with Crippen molar-refractivity contribution in [3.05, 3.63) is 19.2 Å². The standard InChI is InChI=1S/C10H12Br2O3S/c1-2-3-5(10(14)15)8(13)7-4-6(11)9(12)16-7/h4-5,8,13H,2-3H2,1H3,(H,14,15). The Morgan fingerprint density at radius 2 is 2.19 bits per heavy atom. The van der Waals surface area contributed by atoms with Crippen molar-refractivity contribution < 1.29 is 15.0 Å². The van der Waals surface area contributed by atoms with Crippen LogP contribution in [0.5, 0.6) is 0 Å². The average molecular weight is 372 g/mol. The highest BCUT2D eigenvalue weighted by atomic mass is 79.9. The van der Waals surface area contributed by atoms with Crippen LogP contribution in [-0.4, -0.2) is 16.2 Å². The van der Waals surface area contributed by atoms with Crippen LogP contribution in [0.4, 0.5) is 0 Å². The summed E-state index contributed by atoms with van der Waals surface area (Å²) in [5.74, 6) is -1.68. The zero-order valence-electron chi connectivity index (χ0n) is 8.61. The van der Waals surface area contributed by atoms with Gasteiger partial charge in [0.15, 0.2) is 0 Å². The molecule has 6 heteroatoms. The predicted octanol–water partition coefficient (Wildman–Crippen LogP) is 3.81. The van der Waals surface area contributed by atoms with Gasteiger partial charge in [0.2, 0.25) is 0 Å². The van der Waals surface area contributed by atoms with Crippen molar-refractivity contribution in [1.82, 2.24) is 0 Å². The Hall–Kier alpha value is 0.0900. The summed E-state index contributed by atoms with van der Waals surface area (Å²) in [7, 11) is 0. The third-order valence-corrected chi connectivity index (χ3v) is 5.58. The number of hydrogen-bond donors (Lipinski definition) is 2. The zero-order valence-corrected chi connectivity index (χ0v) is 12.6. The van der Waals surface area contributed by atoms with E-state index in [1.165, 1.54) is 11.3 Å². The largest absolute Gasteiger partial charge is 0.481 e. The normalized spacial score (nSPS) is 14.8. The van der Waals surface area contributed by atoms with Crippen molar-refractivity contribution in [2.45, 2.75) is 25.9 Å². The van der Waals surface area contributed by atoms with Gasteiger partial charge in [-0.1, -0.05) is 13.3 Å². The smallest absolute Gasteiger partial charge is 0.309 e. The first-order chi connectivity index (χ1) is 7.47. The minimum atomic E-state index is -0.949. The van der Waals surface area contributed by atoms with Crippen LogP contribution in [0.15, 0.2) is 14.3 Å². The Morgan fingerprint density at radius 1 is 1.56 bits per heavy atom. The summed E-state index contributed by atoms with van der Waals surface area (Å²) in [5.41, 5.74) is 0. The molecule has 1 rings (SSSR count). The van der Waals surface area contributed by atoms with Crippen LogP contribution in [0.3, 0.4) is 0 Å². The topological polar surface area (TPSA) is 57.5 Å². The fourth-order valence-corrected chi connectivity index (χ4v) is 3.58. The number of hydrogen-bond acceptors (Lipinski definition) is 3. The molecule has 0 radical (unpaired) electrons. The molecule has 3 nitrogen and oxygen atoms in total. The number of halogens is 2. The van der Waals surface area contributed by atoms with Crippen molar-refractivity contribution in [2.24, 2.45) is 5.92 Å². The van der Waals surface area contributed by atoms with Crippen LogP contribution < -0.4 is 0 Å². The zero-order chi connectivity index (χ0) is 12.3. The number of thiophene rings is 1. The molecular formula is C10H12Br2O3S. The molecule has 0 amide bonds. The first-order valence-electron chi connectivity index (χ1n) is 4.83. The minimum absolute atomic E-state index is 0.476. The van der Waals surface area contributed by atoms with Crippen molar-refractivity contribution in [1.29, 1.82) is 0 Å². The van der Waals surface area contributed by atoms with E-state index < -0.39 is 18.0 Å². The monoisotopic (exact) mass is 370 g/mol. The number of carbonyl (C=O) groups is 1. The van der Waals surface area contributed by atoms with Crippen molar-refractivity contribution in [3.63, 3.8) is 0 Å². The van der Waals surface area contributed by atoms with E-state index in [2.05, 4.69) is 31.9 Å². The predicted molar refractivity (Wildman–Crippen MR) is 70.7 cm³/mol. The highest BCUT2D eigenvalue weighted by Crippen LogP contribution is 2.38. The van der Waals surface area contributed by atoms with Crippen LogP contribution in [0.25, 0.3) is 0 Å². The Bertz CT molecular complexity index is 359. The number of carboxylic acid groups (broad SMARTS) is 1. The van der Waals surface area contributed by atoms with E-state index in [9.17, 15) is 9.90 Å². The Kier molecular flexibility index (Phi) is 5.43.